The molecule has 0 aliphatic heterocycles. The molecule has 11 heteroatoms. The summed E-state index contributed by atoms with van der Waals surface area (Å²) in [5.41, 5.74) is -0.0851. The van der Waals surface area contributed by atoms with Gasteiger partial charge in [-0.3, -0.25) is 0 Å². The van der Waals surface area contributed by atoms with Crippen molar-refractivity contribution in [3.63, 3.8) is 0 Å². The first-order chi connectivity index (χ1) is 12.1. The smallest absolute Gasteiger partial charge is 0.302 e. The van der Waals surface area contributed by atoms with Crippen LogP contribution < -0.4 is 0 Å². The first-order valence-electron chi connectivity index (χ1n) is 7.12. The number of rotatable bonds is 3. The number of halogens is 6. The van der Waals surface area contributed by atoms with Crippen molar-refractivity contribution in [2.45, 2.75) is 23.3 Å². The minimum Gasteiger partial charge on any atom is -0.302 e. The van der Waals surface area contributed by atoms with E-state index in [-0.39, 0.29) is 16.4 Å². The summed E-state index contributed by atoms with van der Waals surface area (Å²) >= 11 is 1.04. The second kappa shape index (κ2) is 6.45. The third kappa shape index (κ3) is 3.76. The van der Waals surface area contributed by atoms with E-state index in [0.29, 0.717) is 10.9 Å². The van der Waals surface area contributed by atoms with E-state index in [1.54, 1.807) is 12.1 Å². The summed E-state index contributed by atoms with van der Waals surface area (Å²) in [6.07, 6.45) is -9.12. The Hall–Kier alpha value is -2.30. The molecule has 0 spiro atoms. The zero-order chi connectivity index (χ0) is 19.1. The maximum Gasteiger partial charge on any atom is 0.451 e. The van der Waals surface area contributed by atoms with Crippen LogP contribution in [0.1, 0.15) is 17.1 Å². The molecule has 0 radical (unpaired) electrons. The molecule has 0 unspecified atom stereocenters. The van der Waals surface area contributed by atoms with Crippen molar-refractivity contribution in [2.24, 2.45) is 7.05 Å². The number of alkyl halides is 6. The van der Waals surface area contributed by atoms with E-state index >= 15 is 0 Å². The Morgan fingerprint density at radius 2 is 1.69 bits per heavy atom. The maximum atomic E-state index is 12.7. The van der Waals surface area contributed by atoms with E-state index in [1.807, 2.05) is 0 Å². The number of hydrogen-bond donors (Lipinski definition) is 0. The summed E-state index contributed by atoms with van der Waals surface area (Å²) < 4.78 is 76.9. The molecular weight excluding hydrogens is 382 g/mol. The van der Waals surface area contributed by atoms with Crippen molar-refractivity contribution in [1.29, 1.82) is 0 Å². The monoisotopic (exact) mass is 392 g/mol. The molecule has 0 bridgehead atoms. The highest BCUT2D eigenvalue weighted by molar-refractivity contribution is 7.98. The van der Waals surface area contributed by atoms with Crippen LogP contribution in [0.25, 0.3) is 10.9 Å². The lowest BCUT2D eigenvalue weighted by Gasteiger charge is -2.08. The average molecular weight is 392 g/mol. The van der Waals surface area contributed by atoms with Crippen LogP contribution in [0.15, 0.2) is 35.5 Å². The molecule has 0 atom stereocenters. The Morgan fingerprint density at radius 3 is 2.31 bits per heavy atom. The van der Waals surface area contributed by atoms with Crippen LogP contribution in [0.5, 0.6) is 0 Å². The molecule has 3 aromatic rings. The fourth-order valence-corrected chi connectivity index (χ4v) is 3.11. The van der Waals surface area contributed by atoms with Crippen LogP contribution >= 0.6 is 11.8 Å². The summed E-state index contributed by atoms with van der Waals surface area (Å²) in [7, 11) is 1.22. The average Bonchev–Trinajstić information content (AvgIpc) is 2.92. The molecule has 0 amide bonds. The van der Waals surface area contributed by atoms with Gasteiger partial charge in [-0.2, -0.15) is 26.3 Å². The first kappa shape index (κ1) is 18.5. The number of fused-ring (bicyclic) bond motifs is 1. The van der Waals surface area contributed by atoms with Crippen molar-refractivity contribution in [1.82, 2.24) is 19.7 Å². The van der Waals surface area contributed by atoms with Gasteiger partial charge in [0.1, 0.15) is 5.69 Å². The highest BCUT2D eigenvalue weighted by atomic mass is 32.2. The van der Waals surface area contributed by atoms with Crippen LogP contribution in [-0.4, -0.2) is 19.7 Å². The van der Waals surface area contributed by atoms with Gasteiger partial charge in [-0.1, -0.05) is 23.9 Å². The molecule has 0 saturated heterocycles. The molecule has 0 saturated carbocycles. The SMILES string of the molecule is Cn1c(SCc2ccc3nc(C(F)(F)F)ccc3c2)nnc1C(F)(F)F. The zero-order valence-electron chi connectivity index (χ0n) is 13.1. The topological polar surface area (TPSA) is 43.6 Å². The van der Waals surface area contributed by atoms with E-state index in [2.05, 4.69) is 15.2 Å². The molecule has 3 rings (SSSR count). The van der Waals surface area contributed by atoms with E-state index < -0.39 is 23.9 Å². The predicted octanol–water partition coefficient (Wildman–Crippen LogP) is 4.69. The minimum absolute atomic E-state index is 0.0861. The summed E-state index contributed by atoms with van der Waals surface area (Å²) in [5.74, 6) is -0.816. The maximum absolute atomic E-state index is 12.7. The van der Waals surface area contributed by atoms with Crippen molar-refractivity contribution in [3.05, 3.63) is 47.4 Å². The number of hydrogen-bond acceptors (Lipinski definition) is 4. The third-order valence-corrected chi connectivity index (χ3v) is 4.59. The van der Waals surface area contributed by atoms with Gasteiger partial charge in [0.25, 0.3) is 0 Å². The van der Waals surface area contributed by atoms with Crippen LogP contribution in [0.4, 0.5) is 26.3 Å². The molecule has 26 heavy (non-hydrogen) atoms. The van der Waals surface area contributed by atoms with Gasteiger partial charge in [-0.05, 0) is 23.8 Å². The molecule has 0 N–H and O–H groups in total. The highest BCUT2D eigenvalue weighted by Crippen LogP contribution is 2.32. The fourth-order valence-electron chi connectivity index (χ4n) is 2.26. The minimum atomic E-state index is -4.59. The zero-order valence-corrected chi connectivity index (χ0v) is 13.9. The molecule has 2 heterocycles. The third-order valence-electron chi connectivity index (χ3n) is 3.50. The molecule has 0 aliphatic rings. The van der Waals surface area contributed by atoms with Crippen LogP contribution in [0, 0.1) is 0 Å². The normalized spacial score (nSPS) is 12.7. The molecule has 1 aromatic carbocycles. The summed E-state index contributed by atoms with van der Waals surface area (Å²) in [5, 5.41) is 7.24. The quantitative estimate of drug-likeness (QED) is 0.479. The first-order valence-corrected chi connectivity index (χ1v) is 8.10. The Balaban J connectivity index is 1.79. The van der Waals surface area contributed by atoms with Crippen LogP contribution in [0.2, 0.25) is 0 Å². The van der Waals surface area contributed by atoms with Crippen LogP contribution in [-0.2, 0) is 25.2 Å². The predicted molar refractivity (Wildman–Crippen MR) is 82.3 cm³/mol. The van der Waals surface area contributed by atoms with Crippen molar-refractivity contribution in [3.8, 4) is 0 Å². The van der Waals surface area contributed by atoms with E-state index in [4.69, 9.17) is 0 Å². The van der Waals surface area contributed by atoms with E-state index in [9.17, 15) is 26.3 Å². The number of pyridine rings is 1. The lowest BCUT2D eigenvalue weighted by molar-refractivity contribution is -0.147. The van der Waals surface area contributed by atoms with E-state index in [1.165, 1.54) is 19.2 Å². The van der Waals surface area contributed by atoms with Crippen molar-refractivity contribution < 1.29 is 26.3 Å². The van der Waals surface area contributed by atoms with Gasteiger partial charge in [-0.25, -0.2) is 4.98 Å². The van der Waals surface area contributed by atoms with Gasteiger partial charge in [0.2, 0.25) is 5.82 Å². The lowest BCUT2D eigenvalue weighted by atomic mass is 10.1. The fraction of sp³-hybridized carbons (Fsp3) is 0.267. The number of nitrogens with zero attached hydrogens (tertiary/aromatic N) is 4. The molecule has 2 aromatic heterocycles. The number of thioether (sulfide) groups is 1. The van der Waals surface area contributed by atoms with E-state index in [0.717, 1.165) is 22.4 Å². The summed E-state index contributed by atoms with van der Waals surface area (Å²) in [6, 6.07) is 6.85. The molecule has 4 nitrogen and oxygen atoms in total. The van der Waals surface area contributed by atoms with Gasteiger partial charge in [0, 0.05) is 18.2 Å². The van der Waals surface area contributed by atoms with Crippen molar-refractivity contribution >= 4 is 22.7 Å². The Labute approximate surface area is 147 Å². The summed E-state index contributed by atoms with van der Waals surface area (Å²) in [4.78, 5) is 3.57. The second-order valence-corrected chi connectivity index (χ2v) is 6.32. The van der Waals surface area contributed by atoms with Crippen molar-refractivity contribution in [2.75, 3.05) is 0 Å². The molecular formula is C15H10F6N4S. The van der Waals surface area contributed by atoms with Gasteiger partial charge in [-0.15, -0.1) is 10.2 Å². The molecule has 0 aliphatic carbocycles. The Kier molecular flexibility index (Phi) is 4.59. The van der Waals surface area contributed by atoms with Gasteiger partial charge < -0.3 is 4.57 Å². The Bertz CT molecular complexity index is 947. The van der Waals surface area contributed by atoms with Gasteiger partial charge in [0.05, 0.1) is 5.52 Å². The largest absolute Gasteiger partial charge is 0.451 e. The summed E-state index contributed by atoms with van der Waals surface area (Å²) in [6.45, 7) is 0. The standard InChI is InChI=1S/C15H10F6N4S/c1-25-12(15(19,20)21)23-24-13(25)26-7-8-2-4-10-9(6-8)3-5-11(22-10)14(16,17)18/h2-6H,7H2,1H3. The lowest BCUT2D eigenvalue weighted by Crippen LogP contribution is -2.12. The van der Waals surface area contributed by atoms with Gasteiger partial charge >= 0.3 is 12.4 Å². The molecule has 0 fully saturated rings. The Morgan fingerprint density at radius 1 is 0.962 bits per heavy atom. The highest BCUT2D eigenvalue weighted by Gasteiger charge is 2.37. The number of aromatic nitrogens is 4. The second-order valence-electron chi connectivity index (χ2n) is 5.37. The van der Waals surface area contributed by atoms with Crippen LogP contribution in [0.3, 0.4) is 0 Å². The number of benzene rings is 1. The molecule has 138 valence electrons. The van der Waals surface area contributed by atoms with Gasteiger partial charge in [0.15, 0.2) is 5.16 Å².